The molecule has 0 saturated carbocycles. The summed E-state index contributed by atoms with van der Waals surface area (Å²) in [6, 6.07) is 12.7. The first-order valence-electron chi connectivity index (χ1n) is 10.7. The standard InChI is InChI=1S/C24H31N3O3/c1-4-26(5-2)24(29)20-17-18(13-14-21(20)27-15-9-6-10-16-27)25-23(28)19-11-7-8-12-22(19)30-3/h7-8,11-14,17H,4-6,9-10,15-16H2,1-3H3,(H,25,28). The predicted octanol–water partition coefficient (Wildman–Crippen LogP) is 4.42. The van der Waals surface area contributed by atoms with Gasteiger partial charge in [0.15, 0.2) is 0 Å². The first-order chi connectivity index (χ1) is 14.6. The predicted molar refractivity (Wildman–Crippen MR) is 121 cm³/mol. The van der Waals surface area contributed by atoms with Gasteiger partial charge in [-0.2, -0.15) is 0 Å². The van der Waals surface area contributed by atoms with E-state index in [0.29, 0.717) is 35.7 Å². The molecule has 1 heterocycles. The second-order valence-corrected chi connectivity index (χ2v) is 7.41. The molecular weight excluding hydrogens is 378 g/mol. The minimum atomic E-state index is -0.264. The lowest BCUT2D eigenvalue weighted by molar-refractivity contribution is 0.0773. The van der Waals surface area contributed by atoms with Crippen molar-refractivity contribution in [3.05, 3.63) is 53.6 Å². The molecule has 6 heteroatoms. The highest BCUT2D eigenvalue weighted by Gasteiger charge is 2.22. The molecule has 6 nitrogen and oxygen atoms in total. The number of hydrogen-bond acceptors (Lipinski definition) is 4. The molecule has 0 aliphatic carbocycles. The van der Waals surface area contributed by atoms with Gasteiger partial charge < -0.3 is 19.9 Å². The summed E-state index contributed by atoms with van der Waals surface area (Å²) >= 11 is 0. The second kappa shape index (κ2) is 10.1. The van der Waals surface area contributed by atoms with E-state index in [1.807, 2.05) is 36.9 Å². The lowest BCUT2D eigenvalue weighted by atomic mass is 10.0. The molecule has 0 bridgehead atoms. The molecule has 0 atom stereocenters. The van der Waals surface area contributed by atoms with Crippen LogP contribution in [0.15, 0.2) is 42.5 Å². The number of piperidine rings is 1. The fourth-order valence-electron chi connectivity index (χ4n) is 3.91. The van der Waals surface area contributed by atoms with Crippen molar-refractivity contribution in [2.45, 2.75) is 33.1 Å². The van der Waals surface area contributed by atoms with Crippen LogP contribution in [0.1, 0.15) is 53.8 Å². The smallest absolute Gasteiger partial charge is 0.259 e. The van der Waals surface area contributed by atoms with Crippen LogP contribution in [-0.4, -0.2) is 50.0 Å². The fraction of sp³-hybridized carbons (Fsp3) is 0.417. The molecular formula is C24H31N3O3. The Morgan fingerprint density at radius 3 is 2.37 bits per heavy atom. The molecule has 1 aliphatic rings. The zero-order valence-electron chi connectivity index (χ0n) is 18.1. The third kappa shape index (κ3) is 4.75. The Balaban J connectivity index is 1.93. The lowest BCUT2D eigenvalue weighted by Gasteiger charge is -2.31. The number of nitrogens with zero attached hydrogens (tertiary/aromatic N) is 2. The van der Waals surface area contributed by atoms with Gasteiger partial charge in [0, 0.05) is 37.6 Å². The monoisotopic (exact) mass is 409 g/mol. The Morgan fingerprint density at radius 2 is 1.70 bits per heavy atom. The van der Waals surface area contributed by atoms with E-state index in [1.54, 1.807) is 31.4 Å². The summed E-state index contributed by atoms with van der Waals surface area (Å²) in [5.41, 5.74) is 2.64. The number of anilines is 2. The van der Waals surface area contributed by atoms with E-state index in [9.17, 15) is 9.59 Å². The number of carbonyl (C=O) groups is 2. The molecule has 1 saturated heterocycles. The number of rotatable bonds is 7. The van der Waals surface area contributed by atoms with Crippen LogP contribution in [0.2, 0.25) is 0 Å². The number of amides is 2. The maximum absolute atomic E-state index is 13.2. The van der Waals surface area contributed by atoms with Crippen LogP contribution in [0.25, 0.3) is 0 Å². The third-order valence-corrected chi connectivity index (χ3v) is 5.58. The van der Waals surface area contributed by atoms with E-state index in [0.717, 1.165) is 31.6 Å². The molecule has 0 spiro atoms. The summed E-state index contributed by atoms with van der Waals surface area (Å²) in [7, 11) is 1.54. The Labute approximate surface area is 178 Å². The number of benzene rings is 2. The fourth-order valence-corrected chi connectivity index (χ4v) is 3.91. The van der Waals surface area contributed by atoms with Crippen molar-refractivity contribution in [1.82, 2.24) is 4.90 Å². The number of methoxy groups -OCH3 is 1. The van der Waals surface area contributed by atoms with Crippen molar-refractivity contribution in [1.29, 1.82) is 0 Å². The van der Waals surface area contributed by atoms with E-state index >= 15 is 0 Å². The van der Waals surface area contributed by atoms with Gasteiger partial charge in [-0.25, -0.2) is 0 Å². The third-order valence-electron chi connectivity index (χ3n) is 5.58. The minimum absolute atomic E-state index is 0.00559. The number of ether oxygens (including phenoxy) is 1. The number of para-hydroxylation sites is 1. The van der Waals surface area contributed by atoms with E-state index in [1.165, 1.54) is 6.42 Å². The van der Waals surface area contributed by atoms with E-state index < -0.39 is 0 Å². The molecule has 2 aromatic rings. The van der Waals surface area contributed by atoms with Crippen molar-refractivity contribution in [3.8, 4) is 5.75 Å². The largest absolute Gasteiger partial charge is 0.496 e. The van der Waals surface area contributed by atoms with Gasteiger partial charge in [0.25, 0.3) is 11.8 Å². The molecule has 1 N–H and O–H groups in total. The van der Waals surface area contributed by atoms with Gasteiger partial charge in [-0.05, 0) is 63.4 Å². The molecule has 0 aromatic heterocycles. The van der Waals surface area contributed by atoms with Crippen molar-refractivity contribution in [3.63, 3.8) is 0 Å². The second-order valence-electron chi connectivity index (χ2n) is 7.41. The lowest BCUT2D eigenvalue weighted by Crippen LogP contribution is -2.35. The summed E-state index contributed by atoms with van der Waals surface area (Å²) in [6.07, 6.45) is 3.49. The Kier molecular flexibility index (Phi) is 7.33. The molecule has 0 radical (unpaired) electrons. The molecule has 30 heavy (non-hydrogen) atoms. The van der Waals surface area contributed by atoms with Crippen LogP contribution in [-0.2, 0) is 0 Å². The van der Waals surface area contributed by atoms with Crippen LogP contribution in [0, 0.1) is 0 Å². The van der Waals surface area contributed by atoms with Gasteiger partial charge in [-0.15, -0.1) is 0 Å². The maximum Gasteiger partial charge on any atom is 0.259 e. The summed E-state index contributed by atoms with van der Waals surface area (Å²) in [5.74, 6) is 0.243. The minimum Gasteiger partial charge on any atom is -0.496 e. The van der Waals surface area contributed by atoms with Gasteiger partial charge in [-0.1, -0.05) is 12.1 Å². The summed E-state index contributed by atoms with van der Waals surface area (Å²) in [6.45, 7) is 7.15. The Morgan fingerprint density at radius 1 is 1.00 bits per heavy atom. The van der Waals surface area contributed by atoms with Crippen molar-refractivity contribution in [2.24, 2.45) is 0 Å². The van der Waals surface area contributed by atoms with Gasteiger partial charge in [0.05, 0.1) is 18.2 Å². The zero-order chi connectivity index (χ0) is 21.5. The van der Waals surface area contributed by atoms with Gasteiger partial charge in [-0.3, -0.25) is 9.59 Å². The molecule has 160 valence electrons. The van der Waals surface area contributed by atoms with Gasteiger partial charge in [0.1, 0.15) is 5.75 Å². The molecule has 2 aromatic carbocycles. The molecule has 1 fully saturated rings. The average molecular weight is 410 g/mol. The SMILES string of the molecule is CCN(CC)C(=O)c1cc(NC(=O)c2ccccc2OC)ccc1N1CCCCC1. The van der Waals surface area contributed by atoms with E-state index in [2.05, 4.69) is 10.2 Å². The average Bonchev–Trinajstić information content (AvgIpc) is 2.80. The highest BCUT2D eigenvalue weighted by atomic mass is 16.5. The quantitative estimate of drug-likeness (QED) is 0.735. The normalized spacial score (nSPS) is 13.6. The van der Waals surface area contributed by atoms with Crippen LogP contribution in [0.4, 0.5) is 11.4 Å². The summed E-state index contributed by atoms with van der Waals surface area (Å²) < 4.78 is 5.30. The number of nitrogens with one attached hydrogen (secondary N) is 1. The highest BCUT2D eigenvalue weighted by molar-refractivity contribution is 6.07. The van der Waals surface area contributed by atoms with E-state index in [4.69, 9.17) is 4.74 Å². The number of carbonyl (C=O) groups excluding carboxylic acids is 2. The summed E-state index contributed by atoms with van der Waals surface area (Å²) in [4.78, 5) is 30.2. The first-order valence-corrected chi connectivity index (χ1v) is 10.7. The Hall–Kier alpha value is -3.02. The topological polar surface area (TPSA) is 61.9 Å². The van der Waals surface area contributed by atoms with Crippen LogP contribution in [0.3, 0.4) is 0 Å². The molecule has 0 unspecified atom stereocenters. The first kappa shape index (κ1) is 21.7. The van der Waals surface area contributed by atoms with Crippen LogP contribution in [0.5, 0.6) is 5.75 Å². The van der Waals surface area contributed by atoms with Gasteiger partial charge in [0.2, 0.25) is 0 Å². The molecule has 2 amide bonds. The zero-order valence-corrected chi connectivity index (χ0v) is 18.1. The van der Waals surface area contributed by atoms with Crippen LogP contribution >= 0.6 is 0 Å². The van der Waals surface area contributed by atoms with Gasteiger partial charge >= 0.3 is 0 Å². The van der Waals surface area contributed by atoms with Crippen molar-refractivity contribution < 1.29 is 14.3 Å². The molecule has 1 aliphatic heterocycles. The highest BCUT2D eigenvalue weighted by Crippen LogP contribution is 2.29. The van der Waals surface area contributed by atoms with Crippen LogP contribution < -0.4 is 15.0 Å². The maximum atomic E-state index is 13.2. The summed E-state index contributed by atoms with van der Waals surface area (Å²) in [5, 5.41) is 2.93. The Bertz CT molecular complexity index is 887. The number of hydrogen-bond donors (Lipinski definition) is 1. The van der Waals surface area contributed by atoms with Crippen molar-refractivity contribution in [2.75, 3.05) is 43.5 Å². The van der Waals surface area contributed by atoms with Crippen molar-refractivity contribution >= 4 is 23.2 Å². The molecule has 3 rings (SSSR count). The van der Waals surface area contributed by atoms with E-state index in [-0.39, 0.29) is 11.8 Å².